The summed E-state index contributed by atoms with van der Waals surface area (Å²) in [4.78, 5) is 4.83. The first-order valence-corrected chi connectivity index (χ1v) is 10.2. The fourth-order valence-corrected chi connectivity index (χ4v) is 3.33. The van der Waals surface area contributed by atoms with Gasteiger partial charge in [0.25, 0.3) is 0 Å². The van der Waals surface area contributed by atoms with E-state index in [1.165, 1.54) is 0 Å². The summed E-state index contributed by atoms with van der Waals surface area (Å²) in [6, 6.07) is 21.2. The van der Waals surface area contributed by atoms with Crippen LogP contribution in [0.1, 0.15) is 30.5 Å². The number of fused-ring (bicyclic) bond motifs is 1. The van der Waals surface area contributed by atoms with E-state index in [1.54, 1.807) is 0 Å². The predicted octanol–water partition coefficient (Wildman–Crippen LogP) is 5.57. The molecule has 0 bridgehead atoms. The highest BCUT2D eigenvalue weighted by Gasteiger charge is 2.18. The Labute approximate surface area is 181 Å². The summed E-state index contributed by atoms with van der Waals surface area (Å²) < 4.78 is 11.3. The molecule has 30 heavy (non-hydrogen) atoms. The number of ether oxygens (including phenoxy) is 2. The molecular formula is C24H22ClN3O2. The Kier molecular flexibility index (Phi) is 6.00. The molecule has 1 N–H and O–H groups in total. The third-order valence-electron chi connectivity index (χ3n) is 4.60. The van der Waals surface area contributed by atoms with Gasteiger partial charge in [-0.2, -0.15) is 5.10 Å². The minimum atomic E-state index is 0.589. The van der Waals surface area contributed by atoms with Gasteiger partial charge in [0.2, 0.25) is 0 Å². The van der Waals surface area contributed by atoms with Gasteiger partial charge >= 0.3 is 0 Å². The second-order valence-electron chi connectivity index (χ2n) is 6.61. The van der Waals surface area contributed by atoms with E-state index in [1.807, 2.05) is 80.6 Å². The van der Waals surface area contributed by atoms with E-state index < -0.39 is 0 Å². The Morgan fingerprint density at radius 1 is 0.800 bits per heavy atom. The third-order valence-corrected chi connectivity index (χ3v) is 4.85. The SMILES string of the molecule is CCOc1ccc(C2=NNC(c3ccc(Cl)cc3)=Nc3ccc(OCC)cc32)cc1. The van der Waals surface area contributed by atoms with Crippen molar-refractivity contribution in [3.05, 3.63) is 88.4 Å². The Morgan fingerprint density at radius 2 is 1.43 bits per heavy atom. The average Bonchev–Trinajstić information content (AvgIpc) is 2.95. The molecule has 3 aromatic rings. The van der Waals surface area contributed by atoms with Gasteiger partial charge in [-0.1, -0.05) is 11.6 Å². The van der Waals surface area contributed by atoms with Gasteiger partial charge in [0.1, 0.15) is 17.2 Å². The Bertz CT molecular complexity index is 1090. The van der Waals surface area contributed by atoms with Crippen LogP contribution in [0.15, 0.2) is 76.8 Å². The lowest BCUT2D eigenvalue weighted by molar-refractivity contribution is 0.340. The summed E-state index contributed by atoms with van der Waals surface area (Å²) in [7, 11) is 0. The van der Waals surface area contributed by atoms with Crippen LogP contribution in [0.4, 0.5) is 5.69 Å². The largest absolute Gasteiger partial charge is 0.494 e. The van der Waals surface area contributed by atoms with Gasteiger partial charge < -0.3 is 9.47 Å². The molecule has 1 heterocycles. The second-order valence-corrected chi connectivity index (χ2v) is 7.05. The zero-order valence-electron chi connectivity index (χ0n) is 16.9. The van der Waals surface area contributed by atoms with E-state index in [4.69, 9.17) is 31.2 Å². The van der Waals surface area contributed by atoms with Gasteiger partial charge in [0, 0.05) is 21.7 Å². The van der Waals surface area contributed by atoms with E-state index in [0.717, 1.165) is 39.6 Å². The zero-order chi connectivity index (χ0) is 20.9. The van der Waals surface area contributed by atoms with Gasteiger partial charge in [0.15, 0.2) is 5.84 Å². The number of rotatable bonds is 6. The summed E-state index contributed by atoms with van der Waals surface area (Å²) >= 11 is 6.04. The molecule has 5 nitrogen and oxygen atoms in total. The lowest BCUT2D eigenvalue weighted by Gasteiger charge is -2.11. The standard InChI is InChI=1S/C24H22ClN3O2/c1-3-29-19-11-7-16(8-12-19)23-21-15-20(30-4-2)13-14-22(21)26-24(28-27-23)17-5-9-18(25)10-6-17/h5-15H,3-4H2,1-2H3,(H,26,28). The number of aliphatic imine (C=N–C) groups is 1. The highest BCUT2D eigenvalue weighted by Crippen LogP contribution is 2.30. The maximum absolute atomic E-state index is 6.04. The molecule has 3 aromatic carbocycles. The third kappa shape index (κ3) is 4.31. The van der Waals surface area contributed by atoms with Crippen LogP contribution in [0.25, 0.3) is 0 Å². The molecular weight excluding hydrogens is 398 g/mol. The van der Waals surface area contributed by atoms with E-state index in [2.05, 4.69) is 5.43 Å². The van der Waals surface area contributed by atoms with Gasteiger partial charge in [-0.05, 0) is 80.6 Å². The van der Waals surface area contributed by atoms with Crippen molar-refractivity contribution in [2.45, 2.75) is 13.8 Å². The van der Waals surface area contributed by atoms with Gasteiger partial charge in [0.05, 0.1) is 18.9 Å². The summed E-state index contributed by atoms with van der Waals surface area (Å²) in [6.07, 6.45) is 0. The molecule has 0 atom stereocenters. The molecule has 0 spiro atoms. The Hall–Kier alpha value is -3.31. The van der Waals surface area contributed by atoms with E-state index in [0.29, 0.717) is 24.1 Å². The van der Waals surface area contributed by atoms with Crippen LogP contribution in [0, 0.1) is 0 Å². The highest BCUT2D eigenvalue weighted by atomic mass is 35.5. The van der Waals surface area contributed by atoms with Crippen molar-refractivity contribution in [2.24, 2.45) is 10.1 Å². The van der Waals surface area contributed by atoms with Crippen molar-refractivity contribution in [2.75, 3.05) is 13.2 Å². The lowest BCUT2D eigenvalue weighted by atomic mass is 10.0. The number of amidine groups is 1. The molecule has 0 saturated heterocycles. The van der Waals surface area contributed by atoms with Crippen LogP contribution in [0.3, 0.4) is 0 Å². The minimum Gasteiger partial charge on any atom is -0.494 e. The first-order valence-electron chi connectivity index (χ1n) is 9.86. The van der Waals surface area contributed by atoms with Crippen LogP contribution in [0.5, 0.6) is 11.5 Å². The summed E-state index contributed by atoms with van der Waals surface area (Å²) in [5.74, 6) is 2.25. The molecule has 0 radical (unpaired) electrons. The molecule has 152 valence electrons. The monoisotopic (exact) mass is 419 g/mol. The number of hydrogen-bond donors (Lipinski definition) is 1. The molecule has 0 saturated carbocycles. The Morgan fingerprint density at radius 3 is 2.13 bits per heavy atom. The van der Waals surface area contributed by atoms with Gasteiger partial charge in [-0.3, -0.25) is 5.43 Å². The minimum absolute atomic E-state index is 0.589. The molecule has 4 rings (SSSR count). The fourth-order valence-electron chi connectivity index (χ4n) is 3.21. The van der Waals surface area contributed by atoms with Crippen LogP contribution >= 0.6 is 11.6 Å². The van der Waals surface area contributed by atoms with Crippen molar-refractivity contribution < 1.29 is 9.47 Å². The molecule has 0 amide bonds. The van der Waals surface area contributed by atoms with Gasteiger partial charge in [-0.15, -0.1) is 0 Å². The topological polar surface area (TPSA) is 55.2 Å². The van der Waals surface area contributed by atoms with Crippen molar-refractivity contribution in [1.82, 2.24) is 5.43 Å². The first kappa shape index (κ1) is 20.0. The zero-order valence-corrected chi connectivity index (χ0v) is 17.6. The number of hydrazone groups is 1. The Balaban J connectivity index is 1.79. The molecule has 0 fully saturated rings. The quantitative estimate of drug-likeness (QED) is 0.568. The summed E-state index contributed by atoms with van der Waals surface area (Å²) in [5.41, 5.74) is 7.45. The van der Waals surface area contributed by atoms with Crippen molar-refractivity contribution in [3.8, 4) is 11.5 Å². The maximum atomic E-state index is 6.04. The fraction of sp³-hybridized carbons (Fsp3) is 0.167. The second kappa shape index (κ2) is 9.01. The molecule has 0 aliphatic carbocycles. The first-order chi connectivity index (χ1) is 14.7. The molecule has 1 aliphatic heterocycles. The van der Waals surface area contributed by atoms with E-state index in [-0.39, 0.29) is 0 Å². The molecule has 0 unspecified atom stereocenters. The number of hydrogen-bond acceptors (Lipinski definition) is 5. The lowest BCUT2D eigenvalue weighted by Crippen LogP contribution is -2.19. The van der Waals surface area contributed by atoms with Crippen molar-refractivity contribution in [3.63, 3.8) is 0 Å². The van der Waals surface area contributed by atoms with Crippen LogP contribution in [-0.2, 0) is 0 Å². The maximum Gasteiger partial charge on any atom is 0.154 e. The molecule has 1 aliphatic rings. The smallest absolute Gasteiger partial charge is 0.154 e. The van der Waals surface area contributed by atoms with Crippen molar-refractivity contribution >= 4 is 28.8 Å². The normalized spacial score (nSPS) is 12.8. The van der Waals surface area contributed by atoms with E-state index >= 15 is 0 Å². The van der Waals surface area contributed by atoms with Crippen LogP contribution in [-0.4, -0.2) is 24.8 Å². The number of halogens is 1. The number of nitrogens with one attached hydrogen (secondary N) is 1. The van der Waals surface area contributed by atoms with Crippen LogP contribution < -0.4 is 14.9 Å². The predicted molar refractivity (Wildman–Crippen MR) is 122 cm³/mol. The summed E-state index contributed by atoms with van der Waals surface area (Å²) in [6.45, 7) is 5.15. The van der Waals surface area contributed by atoms with E-state index in [9.17, 15) is 0 Å². The number of nitrogens with zero attached hydrogens (tertiary/aromatic N) is 2. The van der Waals surface area contributed by atoms with Gasteiger partial charge in [-0.25, -0.2) is 4.99 Å². The van der Waals surface area contributed by atoms with Crippen LogP contribution in [0.2, 0.25) is 5.02 Å². The van der Waals surface area contributed by atoms with Crippen molar-refractivity contribution in [1.29, 1.82) is 0 Å². The molecule has 0 aromatic heterocycles. The summed E-state index contributed by atoms with van der Waals surface area (Å²) in [5, 5.41) is 5.37. The number of benzene rings is 3. The average molecular weight is 420 g/mol. The highest BCUT2D eigenvalue weighted by molar-refractivity contribution is 6.30. The molecule has 6 heteroatoms.